The van der Waals surface area contributed by atoms with Gasteiger partial charge in [0.05, 0.1) is 23.1 Å². The first kappa shape index (κ1) is 18.8. The Morgan fingerprint density at radius 1 is 0.839 bits per heavy atom. The lowest BCUT2D eigenvalue weighted by Crippen LogP contribution is -1.98. The van der Waals surface area contributed by atoms with Crippen LogP contribution in [0.4, 0.5) is 5.69 Å². The average molecular weight is 403 g/mol. The van der Waals surface area contributed by atoms with Gasteiger partial charge in [-0.2, -0.15) is 5.10 Å². The predicted molar refractivity (Wildman–Crippen MR) is 125 cm³/mol. The zero-order valence-corrected chi connectivity index (χ0v) is 16.9. The molecule has 0 spiro atoms. The molecule has 0 aliphatic rings. The van der Waals surface area contributed by atoms with E-state index in [1.54, 1.807) is 12.4 Å². The molecule has 0 bridgehead atoms. The lowest BCUT2D eigenvalue weighted by atomic mass is 10.0. The quantitative estimate of drug-likeness (QED) is 0.382. The number of fused-ring (bicyclic) bond motifs is 1. The van der Waals surface area contributed by atoms with Crippen LogP contribution < -0.4 is 5.32 Å². The summed E-state index contributed by atoms with van der Waals surface area (Å²) in [6, 6.07) is 22.7. The van der Waals surface area contributed by atoms with Gasteiger partial charge in [-0.1, -0.05) is 43.0 Å². The van der Waals surface area contributed by atoms with Crippen molar-refractivity contribution in [2.24, 2.45) is 0 Å². The van der Waals surface area contributed by atoms with Crippen molar-refractivity contribution in [1.82, 2.24) is 20.2 Å². The molecule has 0 radical (unpaired) electrons. The maximum Gasteiger partial charge on any atom is 0.116 e. The van der Waals surface area contributed by atoms with Crippen molar-refractivity contribution in [1.29, 1.82) is 0 Å². The largest absolute Gasteiger partial charge is 0.353 e. The van der Waals surface area contributed by atoms with Gasteiger partial charge >= 0.3 is 0 Å². The molecule has 0 fully saturated rings. The molecule has 3 aromatic heterocycles. The number of benzene rings is 2. The molecule has 5 aromatic rings. The maximum atomic E-state index is 4.48. The van der Waals surface area contributed by atoms with E-state index in [0.717, 1.165) is 39.8 Å². The first-order chi connectivity index (χ1) is 15.3. The number of rotatable bonds is 6. The van der Waals surface area contributed by atoms with E-state index in [-0.39, 0.29) is 0 Å². The van der Waals surface area contributed by atoms with E-state index in [9.17, 15) is 0 Å². The van der Waals surface area contributed by atoms with Gasteiger partial charge in [0.2, 0.25) is 0 Å². The third-order valence-corrected chi connectivity index (χ3v) is 5.18. The van der Waals surface area contributed by atoms with Crippen LogP contribution in [0.15, 0.2) is 98.1 Å². The van der Waals surface area contributed by atoms with E-state index in [4.69, 9.17) is 0 Å². The summed E-state index contributed by atoms with van der Waals surface area (Å²) < 4.78 is 0. The molecule has 0 aliphatic carbocycles. The maximum absolute atomic E-state index is 4.48. The Morgan fingerprint density at radius 3 is 2.58 bits per heavy atom. The Morgan fingerprint density at radius 2 is 1.74 bits per heavy atom. The molecule has 3 heterocycles. The van der Waals surface area contributed by atoms with Crippen molar-refractivity contribution in [2.45, 2.75) is 6.42 Å². The third-order valence-electron chi connectivity index (χ3n) is 5.18. The lowest BCUT2D eigenvalue weighted by Gasteiger charge is -2.08. The van der Waals surface area contributed by atoms with Gasteiger partial charge in [0.1, 0.15) is 5.69 Å². The van der Waals surface area contributed by atoms with Crippen LogP contribution in [-0.2, 0) is 6.42 Å². The molecule has 2 N–H and O–H groups in total. The van der Waals surface area contributed by atoms with Gasteiger partial charge in [0.25, 0.3) is 0 Å². The number of hydrogen-bond acceptors (Lipinski definition) is 4. The van der Waals surface area contributed by atoms with Crippen LogP contribution in [0.1, 0.15) is 16.8 Å². The second kappa shape index (κ2) is 8.24. The van der Waals surface area contributed by atoms with Crippen molar-refractivity contribution < 1.29 is 0 Å². The van der Waals surface area contributed by atoms with Crippen LogP contribution >= 0.6 is 0 Å². The molecular weight excluding hydrogens is 382 g/mol. The Hall–Kier alpha value is -4.25. The number of anilines is 1. The molecule has 0 aliphatic heterocycles. The topological polar surface area (TPSA) is 66.5 Å². The highest BCUT2D eigenvalue weighted by atomic mass is 15.1. The zero-order chi connectivity index (χ0) is 21.0. The number of aromatic nitrogens is 4. The second-order valence-electron chi connectivity index (χ2n) is 7.42. The normalized spacial score (nSPS) is 10.8. The van der Waals surface area contributed by atoms with Crippen LogP contribution in [0, 0.1) is 0 Å². The number of aromatic amines is 1. The predicted octanol–water partition coefficient (Wildman–Crippen LogP) is 5.69. The molecule has 0 saturated heterocycles. The third kappa shape index (κ3) is 4.07. The van der Waals surface area contributed by atoms with Gasteiger partial charge in [-0.05, 0) is 53.4 Å². The van der Waals surface area contributed by atoms with E-state index in [2.05, 4.69) is 74.5 Å². The van der Waals surface area contributed by atoms with Gasteiger partial charge in [-0.3, -0.25) is 15.1 Å². The summed E-state index contributed by atoms with van der Waals surface area (Å²) in [5.74, 6) is 0. The van der Waals surface area contributed by atoms with Crippen LogP contribution in [-0.4, -0.2) is 20.2 Å². The first-order valence-electron chi connectivity index (χ1n) is 10.1. The van der Waals surface area contributed by atoms with Gasteiger partial charge in [-0.25, -0.2) is 0 Å². The highest BCUT2D eigenvalue weighted by molar-refractivity contribution is 5.95. The second-order valence-corrected chi connectivity index (χ2v) is 7.42. The standard InChI is InChI=1S/C26H21N5/c1-18(29-23-8-5-11-27-17-23)26-24-14-21(9-10-25(24)30-31-26)22-13-20(15-28-16-22)12-19-6-3-2-4-7-19/h2-11,13-17,29H,1,12H2,(H,30,31). The SMILES string of the molecule is C=C(Nc1cccnc1)c1n[nH]c2ccc(-c3cncc(Cc4ccccc4)c3)cc12. The number of hydrogen-bond donors (Lipinski definition) is 2. The van der Waals surface area contributed by atoms with E-state index < -0.39 is 0 Å². The highest BCUT2D eigenvalue weighted by Crippen LogP contribution is 2.29. The molecule has 0 atom stereocenters. The highest BCUT2D eigenvalue weighted by Gasteiger charge is 2.11. The Balaban J connectivity index is 1.45. The average Bonchev–Trinajstić information content (AvgIpc) is 3.24. The molecule has 150 valence electrons. The molecule has 0 amide bonds. The van der Waals surface area contributed by atoms with E-state index in [1.165, 1.54) is 11.1 Å². The fourth-order valence-electron chi connectivity index (χ4n) is 3.67. The molecule has 0 saturated carbocycles. The lowest BCUT2D eigenvalue weighted by molar-refractivity contribution is 1.10. The minimum Gasteiger partial charge on any atom is -0.353 e. The first-order valence-corrected chi connectivity index (χ1v) is 10.1. The molecular formula is C26H21N5. The van der Waals surface area contributed by atoms with E-state index in [1.807, 2.05) is 36.7 Å². The summed E-state index contributed by atoms with van der Waals surface area (Å²) in [5, 5.41) is 11.9. The summed E-state index contributed by atoms with van der Waals surface area (Å²) in [5.41, 5.74) is 7.95. The van der Waals surface area contributed by atoms with Gasteiger partial charge < -0.3 is 5.32 Å². The molecule has 0 unspecified atom stereocenters. The number of nitrogens with zero attached hydrogens (tertiary/aromatic N) is 3. The van der Waals surface area contributed by atoms with Crippen molar-refractivity contribution in [3.8, 4) is 11.1 Å². The van der Waals surface area contributed by atoms with Gasteiger partial charge in [-0.15, -0.1) is 0 Å². The van der Waals surface area contributed by atoms with E-state index >= 15 is 0 Å². The number of H-pyrrole nitrogens is 1. The van der Waals surface area contributed by atoms with Crippen molar-refractivity contribution in [3.63, 3.8) is 0 Å². The molecule has 5 heteroatoms. The zero-order valence-electron chi connectivity index (χ0n) is 16.9. The molecule has 31 heavy (non-hydrogen) atoms. The van der Waals surface area contributed by atoms with Crippen molar-refractivity contribution >= 4 is 22.3 Å². The summed E-state index contributed by atoms with van der Waals surface area (Å²) in [4.78, 5) is 8.61. The Kier molecular flexibility index (Phi) is 4.99. The smallest absolute Gasteiger partial charge is 0.116 e. The van der Waals surface area contributed by atoms with Crippen molar-refractivity contribution in [2.75, 3.05) is 5.32 Å². The van der Waals surface area contributed by atoms with E-state index in [0.29, 0.717) is 5.70 Å². The van der Waals surface area contributed by atoms with Crippen LogP contribution in [0.25, 0.3) is 27.7 Å². The van der Waals surface area contributed by atoms with Crippen LogP contribution in [0.3, 0.4) is 0 Å². The molecule has 5 nitrogen and oxygen atoms in total. The van der Waals surface area contributed by atoms with Crippen LogP contribution in [0.2, 0.25) is 0 Å². The monoisotopic (exact) mass is 403 g/mol. The fraction of sp³-hybridized carbons (Fsp3) is 0.0385. The molecule has 2 aromatic carbocycles. The minimum absolute atomic E-state index is 0.715. The van der Waals surface area contributed by atoms with Crippen molar-refractivity contribution in [3.05, 3.63) is 115 Å². The van der Waals surface area contributed by atoms with Gasteiger partial charge in [0.15, 0.2) is 0 Å². The number of nitrogens with one attached hydrogen (secondary N) is 2. The molecule has 5 rings (SSSR count). The summed E-state index contributed by atoms with van der Waals surface area (Å²) in [6.07, 6.45) is 8.18. The Bertz CT molecular complexity index is 1340. The Labute approximate surface area is 180 Å². The summed E-state index contributed by atoms with van der Waals surface area (Å²) in [6.45, 7) is 4.17. The van der Waals surface area contributed by atoms with Gasteiger partial charge in [0, 0.05) is 29.5 Å². The minimum atomic E-state index is 0.715. The summed E-state index contributed by atoms with van der Waals surface area (Å²) in [7, 11) is 0. The van der Waals surface area contributed by atoms with Crippen LogP contribution in [0.5, 0.6) is 0 Å². The summed E-state index contributed by atoms with van der Waals surface area (Å²) >= 11 is 0. The number of pyridine rings is 2. The fourth-order valence-corrected chi connectivity index (χ4v) is 3.67.